The number of nitrogens with zero attached hydrogens (tertiary/aromatic N) is 4. The monoisotopic (exact) mass is 285 g/mol. The number of nitrogens with one attached hydrogen (secondary N) is 1. The van der Waals surface area contributed by atoms with Crippen LogP contribution in [0, 0.1) is 0 Å². The van der Waals surface area contributed by atoms with Gasteiger partial charge in [-0.05, 0) is 18.2 Å². The van der Waals surface area contributed by atoms with Gasteiger partial charge >= 0.3 is 0 Å². The number of anilines is 1. The van der Waals surface area contributed by atoms with Gasteiger partial charge in [0.25, 0.3) is 0 Å². The van der Waals surface area contributed by atoms with Crippen LogP contribution in [0.3, 0.4) is 0 Å². The maximum atomic E-state index is 5.44. The van der Waals surface area contributed by atoms with Gasteiger partial charge in [-0.3, -0.25) is 9.88 Å². The van der Waals surface area contributed by atoms with Crippen LogP contribution in [0.25, 0.3) is 0 Å². The molecular weight excluding hydrogens is 266 g/mol. The Hall–Kier alpha value is -2.05. The lowest BCUT2D eigenvalue weighted by atomic mass is 10.1. The molecule has 0 amide bonds. The van der Waals surface area contributed by atoms with Crippen molar-refractivity contribution in [2.75, 3.05) is 38.2 Å². The van der Waals surface area contributed by atoms with Gasteiger partial charge < -0.3 is 10.1 Å². The molecule has 1 fully saturated rings. The first-order chi connectivity index (χ1) is 10.4. The quantitative estimate of drug-likeness (QED) is 0.895. The van der Waals surface area contributed by atoms with E-state index in [1.807, 2.05) is 24.4 Å². The van der Waals surface area contributed by atoms with E-state index in [0.29, 0.717) is 5.95 Å². The lowest BCUT2D eigenvalue weighted by molar-refractivity contribution is 0.0178. The second-order valence-corrected chi connectivity index (χ2v) is 4.87. The Morgan fingerprint density at radius 3 is 2.52 bits per heavy atom. The predicted octanol–water partition coefficient (Wildman–Crippen LogP) is 1.36. The maximum Gasteiger partial charge on any atom is 0.222 e. The van der Waals surface area contributed by atoms with E-state index in [1.54, 1.807) is 12.4 Å². The van der Waals surface area contributed by atoms with E-state index < -0.39 is 0 Å². The highest BCUT2D eigenvalue weighted by atomic mass is 16.5. The van der Waals surface area contributed by atoms with Gasteiger partial charge in [-0.25, -0.2) is 9.97 Å². The Kier molecular flexibility index (Phi) is 4.70. The van der Waals surface area contributed by atoms with Crippen molar-refractivity contribution >= 4 is 5.95 Å². The summed E-state index contributed by atoms with van der Waals surface area (Å²) in [6.07, 6.45) is 5.31. The van der Waals surface area contributed by atoms with Gasteiger partial charge in [-0.1, -0.05) is 6.07 Å². The number of aromatic nitrogens is 3. The first-order valence-electron chi connectivity index (χ1n) is 7.17. The summed E-state index contributed by atoms with van der Waals surface area (Å²) in [5, 5.41) is 3.30. The molecule has 0 spiro atoms. The molecule has 1 N–H and O–H groups in total. The van der Waals surface area contributed by atoms with E-state index in [2.05, 4.69) is 31.2 Å². The van der Waals surface area contributed by atoms with Crippen LogP contribution in [-0.2, 0) is 4.74 Å². The van der Waals surface area contributed by atoms with Crippen molar-refractivity contribution in [2.24, 2.45) is 0 Å². The summed E-state index contributed by atoms with van der Waals surface area (Å²) in [6.45, 7) is 4.09. The molecule has 1 aliphatic heterocycles. The molecule has 6 nitrogen and oxygen atoms in total. The van der Waals surface area contributed by atoms with Crippen LogP contribution in [-0.4, -0.2) is 52.7 Å². The standard InChI is InChI=1S/C15H19N5O/c1-2-5-16-13(4-1)14(20-8-10-21-11-9-20)12-19-15-17-6-3-7-18-15/h1-7,14H,8-12H2,(H,17,18,19)/t14-/m1/s1. The summed E-state index contributed by atoms with van der Waals surface area (Å²) in [5.41, 5.74) is 1.06. The van der Waals surface area contributed by atoms with E-state index in [4.69, 9.17) is 4.74 Å². The van der Waals surface area contributed by atoms with Crippen molar-refractivity contribution in [3.8, 4) is 0 Å². The molecular formula is C15H19N5O. The lowest BCUT2D eigenvalue weighted by Gasteiger charge is -2.34. The highest BCUT2D eigenvalue weighted by molar-refractivity contribution is 5.24. The van der Waals surface area contributed by atoms with Gasteiger partial charge in [0.2, 0.25) is 5.95 Å². The number of rotatable bonds is 5. The molecule has 0 aliphatic carbocycles. The maximum absolute atomic E-state index is 5.44. The van der Waals surface area contributed by atoms with Gasteiger partial charge in [-0.2, -0.15) is 0 Å². The Morgan fingerprint density at radius 1 is 1.05 bits per heavy atom. The molecule has 2 aromatic heterocycles. The van der Waals surface area contributed by atoms with E-state index in [1.165, 1.54) is 0 Å². The largest absolute Gasteiger partial charge is 0.379 e. The van der Waals surface area contributed by atoms with Gasteiger partial charge in [0.15, 0.2) is 0 Å². The normalized spacial score (nSPS) is 17.3. The average molecular weight is 285 g/mol. The van der Waals surface area contributed by atoms with Crippen LogP contribution in [0.15, 0.2) is 42.9 Å². The Balaban J connectivity index is 1.72. The molecule has 110 valence electrons. The van der Waals surface area contributed by atoms with Crippen LogP contribution >= 0.6 is 0 Å². The van der Waals surface area contributed by atoms with Crippen molar-refractivity contribution in [2.45, 2.75) is 6.04 Å². The molecule has 2 aromatic rings. The molecule has 21 heavy (non-hydrogen) atoms. The molecule has 0 bridgehead atoms. The minimum atomic E-state index is 0.193. The Morgan fingerprint density at radius 2 is 1.81 bits per heavy atom. The summed E-state index contributed by atoms with van der Waals surface area (Å²) in [4.78, 5) is 15.3. The molecule has 6 heteroatoms. The molecule has 0 aromatic carbocycles. The fraction of sp³-hybridized carbons (Fsp3) is 0.400. The third kappa shape index (κ3) is 3.74. The second-order valence-electron chi connectivity index (χ2n) is 4.87. The van der Waals surface area contributed by atoms with Gasteiger partial charge in [0.1, 0.15) is 0 Å². The number of morpholine rings is 1. The smallest absolute Gasteiger partial charge is 0.222 e. The zero-order chi connectivity index (χ0) is 14.3. The van der Waals surface area contributed by atoms with Crippen molar-refractivity contribution in [1.82, 2.24) is 19.9 Å². The molecule has 3 rings (SSSR count). The Labute approximate surface area is 124 Å². The molecule has 3 heterocycles. The Bertz CT molecular complexity index is 530. The van der Waals surface area contributed by atoms with E-state index in [-0.39, 0.29) is 6.04 Å². The van der Waals surface area contributed by atoms with Crippen LogP contribution in [0.2, 0.25) is 0 Å². The molecule has 1 atom stereocenters. The zero-order valence-electron chi connectivity index (χ0n) is 11.9. The minimum absolute atomic E-state index is 0.193. The SMILES string of the molecule is c1ccc([C@@H](CNc2ncccn2)N2CCOCC2)nc1. The van der Waals surface area contributed by atoms with E-state index >= 15 is 0 Å². The van der Waals surface area contributed by atoms with Crippen LogP contribution < -0.4 is 5.32 Å². The minimum Gasteiger partial charge on any atom is -0.379 e. The van der Waals surface area contributed by atoms with Crippen molar-refractivity contribution in [3.63, 3.8) is 0 Å². The highest BCUT2D eigenvalue weighted by Gasteiger charge is 2.23. The summed E-state index contributed by atoms with van der Waals surface area (Å²) in [6, 6.07) is 8.03. The van der Waals surface area contributed by atoms with Crippen molar-refractivity contribution < 1.29 is 4.74 Å². The zero-order valence-corrected chi connectivity index (χ0v) is 11.9. The summed E-state index contributed by atoms with van der Waals surface area (Å²) in [7, 11) is 0. The average Bonchev–Trinajstić information content (AvgIpc) is 2.58. The van der Waals surface area contributed by atoms with Crippen LogP contribution in [0.5, 0.6) is 0 Å². The molecule has 1 aliphatic rings. The second kappa shape index (κ2) is 7.10. The predicted molar refractivity (Wildman–Crippen MR) is 79.9 cm³/mol. The molecule has 0 radical (unpaired) electrons. The summed E-state index contributed by atoms with van der Waals surface area (Å²) in [5.74, 6) is 0.645. The van der Waals surface area contributed by atoms with Crippen LogP contribution in [0.4, 0.5) is 5.95 Å². The third-order valence-electron chi connectivity index (χ3n) is 3.53. The topological polar surface area (TPSA) is 63.2 Å². The number of hydrogen-bond donors (Lipinski definition) is 1. The molecule has 0 unspecified atom stereocenters. The first-order valence-corrected chi connectivity index (χ1v) is 7.17. The number of ether oxygens (including phenoxy) is 1. The van der Waals surface area contributed by atoms with Gasteiger partial charge in [-0.15, -0.1) is 0 Å². The number of pyridine rings is 1. The third-order valence-corrected chi connectivity index (χ3v) is 3.53. The first kappa shape index (κ1) is 13.9. The molecule has 1 saturated heterocycles. The summed E-state index contributed by atoms with van der Waals surface area (Å²) < 4.78 is 5.44. The van der Waals surface area contributed by atoms with E-state index in [9.17, 15) is 0 Å². The van der Waals surface area contributed by atoms with Crippen molar-refractivity contribution in [1.29, 1.82) is 0 Å². The molecule has 0 saturated carbocycles. The highest BCUT2D eigenvalue weighted by Crippen LogP contribution is 2.20. The van der Waals surface area contributed by atoms with Crippen LogP contribution in [0.1, 0.15) is 11.7 Å². The number of hydrogen-bond acceptors (Lipinski definition) is 6. The summed E-state index contributed by atoms with van der Waals surface area (Å²) >= 11 is 0. The van der Waals surface area contributed by atoms with Gasteiger partial charge in [0.05, 0.1) is 24.9 Å². The fourth-order valence-corrected chi connectivity index (χ4v) is 2.46. The van der Waals surface area contributed by atoms with Crippen molar-refractivity contribution in [3.05, 3.63) is 48.5 Å². The fourth-order valence-electron chi connectivity index (χ4n) is 2.46. The lowest BCUT2D eigenvalue weighted by Crippen LogP contribution is -2.42. The van der Waals surface area contributed by atoms with Gasteiger partial charge in [0, 0.05) is 38.2 Å². The van der Waals surface area contributed by atoms with E-state index in [0.717, 1.165) is 38.5 Å².